The van der Waals surface area contributed by atoms with Crippen molar-refractivity contribution in [1.82, 2.24) is 24.7 Å². The summed E-state index contributed by atoms with van der Waals surface area (Å²) in [5.41, 5.74) is 2.60. The van der Waals surface area contributed by atoms with E-state index in [0.717, 1.165) is 66.3 Å². The minimum atomic E-state index is -1.01. The van der Waals surface area contributed by atoms with Gasteiger partial charge in [0.1, 0.15) is 24.2 Å². The predicted octanol–water partition coefficient (Wildman–Crippen LogP) is 2.24. The molecule has 3 saturated heterocycles. The van der Waals surface area contributed by atoms with Crippen LogP contribution in [0.3, 0.4) is 0 Å². The van der Waals surface area contributed by atoms with Crippen LogP contribution in [0.15, 0.2) is 52.0 Å². The number of benzene rings is 1. The maximum atomic E-state index is 13.6. The van der Waals surface area contributed by atoms with E-state index in [9.17, 15) is 24.0 Å². The number of aryl methyl sites for hydroxylation is 1. The first kappa shape index (κ1) is 31.5. The van der Waals surface area contributed by atoms with Crippen LogP contribution in [-0.4, -0.2) is 100 Å². The molecule has 0 bridgehead atoms. The zero-order chi connectivity index (χ0) is 34.0. The van der Waals surface area contributed by atoms with Crippen LogP contribution in [0.2, 0.25) is 0 Å². The van der Waals surface area contributed by atoms with E-state index in [1.807, 2.05) is 24.4 Å². The summed E-state index contributed by atoms with van der Waals surface area (Å²) >= 11 is 3.43. The molecule has 1 aromatic carbocycles. The smallest absolute Gasteiger partial charge is 0.274 e. The zero-order valence-electron chi connectivity index (χ0n) is 26.9. The Bertz CT molecular complexity index is 1940. The second-order valence-corrected chi connectivity index (χ2v) is 14.1. The van der Waals surface area contributed by atoms with Crippen molar-refractivity contribution in [2.45, 2.75) is 43.8 Å². The molecule has 4 amide bonds. The fraction of sp³-hybridized carbons (Fsp3) is 0.412. The first-order chi connectivity index (χ1) is 23.7. The average Bonchev–Trinajstić information content (AvgIpc) is 3.36. The quantitative estimate of drug-likeness (QED) is 0.373. The van der Waals surface area contributed by atoms with Crippen molar-refractivity contribution in [3.63, 3.8) is 0 Å². The molecule has 49 heavy (non-hydrogen) atoms. The number of rotatable bonds is 5. The van der Waals surface area contributed by atoms with E-state index in [1.165, 1.54) is 4.57 Å². The Morgan fingerprint density at radius 1 is 0.959 bits per heavy atom. The molecule has 14 nitrogen and oxygen atoms in total. The number of hydrogen-bond acceptors (Lipinski definition) is 11. The monoisotopic (exact) mass is 730 g/mol. The van der Waals surface area contributed by atoms with E-state index < -0.39 is 29.7 Å². The van der Waals surface area contributed by atoms with Gasteiger partial charge >= 0.3 is 0 Å². The molecular weight excluding hydrogens is 696 g/mol. The van der Waals surface area contributed by atoms with Gasteiger partial charge in [0.2, 0.25) is 11.8 Å². The molecule has 0 aliphatic carbocycles. The van der Waals surface area contributed by atoms with Gasteiger partial charge in [-0.05, 0) is 65.5 Å². The normalized spacial score (nSPS) is 23.9. The summed E-state index contributed by atoms with van der Waals surface area (Å²) in [6.07, 6.45) is 5.62. The first-order valence-electron chi connectivity index (χ1n) is 16.5. The van der Waals surface area contributed by atoms with Crippen molar-refractivity contribution in [2.75, 3.05) is 54.4 Å². The predicted molar refractivity (Wildman–Crippen MR) is 183 cm³/mol. The highest BCUT2D eigenvalue weighted by molar-refractivity contribution is 9.10. The Balaban J connectivity index is 0.892. The molecule has 3 aromatic rings. The first-order valence-corrected chi connectivity index (χ1v) is 17.3. The van der Waals surface area contributed by atoms with Gasteiger partial charge in [0.25, 0.3) is 17.4 Å². The molecule has 2 N–H and O–H groups in total. The van der Waals surface area contributed by atoms with Crippen molar-refractivity contribution in [3.05, 3.63) is 68.7 Å². The third-order valence-electron chi connectivity index (χ3n) is 10.3. The molecule has 0 spiro atoms. The molecule has 0 saturated carbocycles. The number of fused-ring (bicyclic) bond motifs is 5. The number of ether oxygens (including phenoxy) is 1. The number of piperazine rings is 1. The highest BCUT2D eigenvalue weighted by atomic mass is 79.9. The molecule has 254 valence electrons. The number of amides is 4. The van der Waals surface area contributed by atoms with E-state index in [1.54, 1.807) is 25.4 Å². The number of imide groups is 2. The van der Waals surface area contributed by atoms with Crippen LogP contribution in [0.5, 0.6) is 5.75 Å². The van der Waals surface area contributed by atoms with Crippen LogP contribution in [0, 0.1) is 0 Å². The number of halogens is 1. The number of hydrogen-bond donors (Lipinski definition) is 2. The lowest BCUT2D eigenvalue weighted by Crippen LogP contribution is -2.57. The highest BCUT2D eigenvalue weighted by Crippen LogP contribution is 2.45. The third-order valence-corrected chi connectivity index (χ3v) is 10.7. The molecule has 5 aliphatic rings. The number of nitrogens with one attached hydrogen (secondary N) is 2. The van der Waals surface area contributed by atoms with Gasteiger partial charge in [-0.1, -0.05) is 0 Å². The molecule has 2 aromatic heterocycles. The number of carbonyl (C=O) groups is 4. The van der Waals surface area contributed by atoms with Crippen molar-refractivity contribution >= 4 is 62.4 Å². The second-order valence-electron chi connectivity index (χ2n) is 13.2. The molecule has 1 unspecified atom stereocenters. The number of piperidine rings is 2. The van der Waals surface area contributed by atoms with Crippen LogP contribution in [0.1, 0.15) is 46.4 Å². The Hall–Kier alpha value is -4.76. The Labute approximate surface area is 290 Å². The molecule has 3 fully saturated rings. The number of aromatic nitrogens is 2. The summed E-state index contributed by atoms with van der Waals surface area (Å²) in [6, 6.07) is 8.70. The van der Waals surface area contributed by atoms with Crippen molar-refractivity contribution in [1.29, 1.82) is 0 Å². The molecule has 3 atom stereocenters. The number of anilines is 4. The topological polar surface area (TPSA) is 149 Å². The number of pyridine rings is 2. The molecule has 5 aliphatic heterocycles. The Kier molecular flexibility index (Phi) is 7.90. The summed E-state index contributed by atoms with van der Waals surface area (Å²) in [5, 5.41) is 5.37. The summed E-state index contributed by atoms with van der Waals surface area (Å²) in [7, 11) is 1.71. The van der Waals surface area contributed by atoms with E-state index in [2.05, 4.69) is 46.2 Å². The van der Waals surface area contributed by atoms with Crippen LogP contribution < -0.4 is 30.7 Å². The van der Waals surface area contributed by atoms with E-state index in [-0.39, 0.29) is 35.6 Å². The standard InChI is InChI=1S/C34H35BrN8O6/c1-39-17-19(35)14-24(33(39)47)37-27-6-2-21(16-36-27)41-12-10-40(11-13-41)20-8-9-42-22(15-20)18-49-30-25(42)4-3-23-29(30)34(48)43(32(23)46)26-5-7-28(44)38-31(26)45/h2-4,6,14,16-17,20,22,26H,5,7-13,15,18H2,1H3,(H,36,37)(H,38,44,45)/t20-,22-,26?/m1/s1. The molecular formula is C34H35BrN8O6. The van der Waals surface area contributed by atoms with Gasteiger partial charge in [-0.15, -0.1) is 0 Å². The Morgan fingerprint density at radius 2 is 1.78 bits per heavy atom. The summed E-state index contributed by atoms with van der Waals surface area (Å²) in [4.78, 5) is 76.2. The van der Waals surface area contributed by atoms with Crippen molar-refractivity contribution < 1.29 is 23.9 Å². The summed E-state index contributed by atoms with van der Waals surface area (Å²) in [5.74, 6) is -1.10. The van der Waals surface area contributed by atoms with Gasteiger partial charge in [-0.25, -0.2) is 4.98 Å². The minimum absolute atomic E-state index is 0.0735. The van der Waals surface area contributed by atoms with E-state index in [0.29, 0.717) is 29.9 Å². The number of carbonyl (C=O) groups excluding carboxylic acids is 4. The fourth-order valence-corrected chi connectivity index (χ4v) is 8.33. The van der Waals surface area contributed by atoms with E-state index in [4.69, 9.17) is 4.74 Å². The largest absolute Gasteiger partial charge is 0.488 e. The van der Waals surface area contributed by atoms with Gasteiger partial charge in [0, 0.05) is 62.9 Å². The van der Waals surface area contributed by atoms with Crippen molar-refractivity contribution in [3.8, 4) is 5.75 Å². The maximum absolute atomic E-state index is 13.6. The molecule has 8 rings (SSSR count). The van der Waals surface area contributed by atoms with Crippen LogP contribution >= 0.6 is 15.9 Å². The van der Waals surface area contributed by atoms with Gasteiger partial charge < -0.3 is 24.4 Å². The number of nitrogens with zero attached hydrogens (tertiary/aromatic N) is 6. The molecule has 7 heterocycles. The van der Waals surface area contributed by atoms with E-state index >= 15 is 0 Å². The lowest BCUT2D eigenvalue weighted by Gasteiger charge is -2.48. The van der Waals surface area contributed by atoms with Crippen LogP contribution in [-0.2, 0) is 16.6 Å². The lowest BCUT2D eigenvalue weighted by atomic mass is 9.92. The van der Waals surface area contributed by atoms with Gasteiger partial charge in [-0.3, -0.25) is 39.1 Å². The summed E-state index contributed by atoms with van der Waals surface area (Å²) < 4.78 is 8.57. The highest BCUT2D eigenvalue weighted by Gasteiger charge is 2.48. The van der Waals surface area contributed by atoms with Gasteiger partial charge in [-0.2, -0.15) is 0 Å². The van der Waals surface area contributed by atoms with Crippen LogP contribution in [0.4, 0.5) is 22.9 Å². The molecule has 0 radical (unpaired) electrons. The second kappa shape index (κ2) is 12.3. The summed E-state index contributed by atoms with van der Waals surface area (Å²) in [6.45, 7) is 4.78. The average molecular weight is 732 g/mol. The zero-order valence-corrected chi connectivity index (χ0v) is 28.4. The minimum Gasteiger partial charge on any atom is -0.488 e. The van der Waals surface area contributed by atoms with Crippen molar-refractivity contribution in [2.24, 2.45) is 7.05 Å². The van der Waals surface area contributed by atoms with Gasteiger partial charge in [0.05, 0.1) is 34.7 Å². The Morgan fingerprint density at radius 3 is 2.53 bits per heavy atom. The maximum Gasteiger partial charge on any atom is 0.274 e. The van der Waals surface area contributed by atoms with Crippen LogP contribution in [0.25, 0.3) is 0 Å². The third kappa shape index (κ3) is 5.54. The SMILES string of the molecule is Cn1cc(Br)cc(Nc2ccc(N3CCN([C@@H]4CCN5c6ccc7c(c6OC[C@H]5C4)C(=O)N(C4CCC(=O)NC4=O)C7=O)CC3)cn2)c1=O. The fourth-order valence-electron chi connectivity index (χ4n) is 7.80. The van der Waals surface area contributed by atoms with Gasteiger partial charge in [0.15, 0.2) is 5.75 Å². The lowest BCUT2D eigenvalue weighted by molar-refractivity contribution is -0.136. The molecule has 15 heteroatoms.